The average molecular weight is 373 g/mol. The van der Waals surface area contributed by atoms with E-state index in [4.69, 9.17) is 34.8 Å². The van der Waals surface area contributed by atoms with E-state index in [9.17, 15) is 9.90 Å². The number of fused-ring (bicyclic) bond motifs is 1. The van der Waals surface area contributed by atoms with Crippen LogP contribution in [0.4, 0.5) is 0 Å². The third kappa shape index (κ3) is 2.79. The van der Waals surface area contributed by atoms with E-state index in [0.717, 1.165) is 0 Å². The van der Waals surface area contributed by atoms with Crippen LogP contribution in [0.5, 0.6) is 0 Å². The normalized spacial score (nSPS) is 11.0. The SMILES string of the molecule is O=C(O)c1[nH]c2ccc(Cl)cc2c1Sc1c(Cl)cccc1Cl. The number of carboxylic acid groups (broad SMARTS) is 1. The van der Waals surface area contributed by atoms with Crippen molar-refractivity contribution in [1.29, 1.82) is 0 Å². The van der Waals surface area contributed by atoms with Gasteiger partial charge < -0.3 is 10.1 Å². The number of aromatic amines is 1. The Bertz CT molecular complexity index is 872. The summed E-state index contributed by atoms with van der Waals surface area (Å²) >= 11 is 19.6. The van der Waals surface area contributed by atoms with Crippen molar-refractivity contribution in [2.24, 2.45) is 0 Å². The van der Waals surface area contributed by atoms with Gasteiger partial charge in [0.1, 0.15) is 5.69 Å². The summed E-state index contributed by atoms with van der Waals surface area (Å²) in [6.45, 7) is 0. The van der Waals surface area contributed by atoms with E-state index in [1.807, 2.05) is 0 Å². The maximum Gasteiger partial charge on any atom is 0.353 e. The second kappa shape index (κ2) is 6.05. The zero-order valence-corrected chi connectivity index (χ0v) is 13.9. The molecule has 3 nitrogen and oxygen atoms in total. The van der Waals surface area contributed by atoms with Gasteiger partial charge in [0.2, 0.25) is 0 Å². The van der Waals surface area contributed by atoms with Crippen molar-refractivity contribution >= 4 is 63.4 Å². The number of aromatic carboxylic acids is 1. The van der Waals surface area contributed by atoms with Crippen molar-refractivity contribution in [1.82, 2.24) is 4.98 Å². The summed E-state index contributed by atoms with van der Waals surface area (Å²) in [5.41, 5.74) is 0.769. The number of halogens is 3. The van der Waals surface area contributed by atoms with E-state index in [0.29, 0.717) is 35.8 Å². The Morgan fingerprint density at radius 2 is 1.73 bits per heavy atom. The summed E-state index contributed by atoms with van der Waals surface area (Å²) in [6.07, 6.45) is 0. The van der Waals surface area contributed by atoms with Gasteiger partial charge in [-0.3, -0.25) is 0 Å². The zero-order valence-electron chi connectivity index (χ0n) is 10.9. The fraction of sp³-hybridized carbons (Fsp3) is 0. The first-order valence-corrected chi connectivity index (χ1v) is 8.09. The summed E-state index contributed by atoms with van der Waals surface area (Å²) in [4.78, 5) is 15.5. The van der Waals surface area contributed by atoms with Crippen LogP contribution in [-0.4, -0.2) is 16.1 Å². The molecule has 0 bridgehead atoms. The van der Waals surface area contributed by atoms with Gasteiger partial charge in [0, 0.05) is 20.8 Å². The highest BCUT2D eigenvalue weighted by molar-refractivity contribution is 8.00. The van der Waals surface area contributed by atoms with Gasteiger partial charge in [-0.1, -0.05) is 52.6 Å². The number of H-pyrrole nitrogens is 1. The van der Waals surface area contributed by atoms with E-state index in [-0.39, 0.29) is 5.69 Å². The van der Waals surface area contributed by atoms with Crippen LogP contribution in [-0.2, 0) is 0 Å². The summed E-state index contributed by atoms with van der Waals surface area (Å²) in [7, 11) is 0. The van der Waals surface area contributed by atoms with Gasteiger partial charge in [-0.15, -0.1) is 0 Å². The molecule has 0 aliphatic carbocycles. The molecule has 2 N–H and O–H groups in total. The van der Waals surface area contributed by atoms with Crippen LogP contribution in [0.1, 0.15) is 10.5 Å². The third-order valence-electron chi connectivity index (χ3n) is 3.05. The number of benzene rings is 2. The molecular weight excluding hydrogens is 365 g/mol. The fourth-order valence-electron chi connectivity index (χ4n) is 2.08. The van der Waals surface area contributed by atoms with Crippen molar-refractivity contribution in [2.75, 3.05) is 0 Å². The van der Waals surface area contributed by atoms with E-state index in [1.54, 1.807) is 36.4 Å². The first kappa shape index (κ1) is 15.6. The smallest absolute Gasteiger partial charge is 0.353 e. The lowest BCUT2D eigenvalue weighted by molar-refractivity contribution is 0.0688. The molecule has 1 heterocycles. The monoisotopic (exact) mass is 371 g/mol. The van der Waals surface area contributed by atoms with Gasteiger partial charge in [-0.25, -0.2) is 4.79 Å². The highest BCUT2D eigenvalue weighted by Crippen LogP contribution is 2.43. The van der Waals surface area contributed by atoms with Gasteiger partial charge in [0.15, 0.2) is 0 Å². The largest absolute Gasteiger partial charge is 0.477 e. The Morgan fingerprint density at radius 1 is 1.05 bits per heavy atom. The molecule has 3 rings (SSSR count). The highest BCUT2D eigenvalue weighted by atomic mass is 35.5. The molecule has 22 heavy (non-hydrogen) atoms. The van der Waals surface area contributed by atoms with E-state index in [1.165, 1.54) is 11.8 Å². The Hall–Kier alpha value is -1.33. The van der Waals surface area contributed by atoms with Gasteiger partial charge in [-0.2, -0.15) is 0 Å². The molecule has 0 aliphatic rings. The molecule has 3 aromatic rings. The number of aromatic nitrogens is 1. The second-order valence-corrected chi connectivity index (χ2v) is 6.75. The van der Waals surface area contributed by atoms with Crippen molar-refractivity contribution in [3.63, 3.8) is 0 Å². The number of carbonyl (C=O) groups is 1. The molecule has 0 spiro atoms. The standard InChI is InChI=1S/C15H8Cl3NO2S/c16-7-4-5-11-8(6-7)13(12(19-11)15(20)21)22-14-9(17)2-1-3-10(14)18/h1-6,19H,(H,20,21). The Labute approximate surface area is 145 Å². The lowest BCUT2D eigenvalue weighted by atomic mass is 10.2. The summed E-state index contributed by atoms with van der Waals surface area (Å²) in [5, 5.41) is 11.6. The Kier molecular flexibility index (Phi) is 4.28. The summed E-state index contributed by atoms with van der Waals surface area (Å²) < 4.78 is 0. The number of hydrogen-bond acceptors (Lipinski definition) is 2. The molecule has 1 aromatic heterocycles. The average Bonchev–Trinajstić information content (AvgIpc) is 2.81. The maximum absolute atomic E-state index is 11.5. The molecule has 0 radical (unpaired) electrons. The number of rotatable bonds is 3. The maximum atomic E-state index is 11.5. The molecule has 2 aromatic carbocycles. The van der Waals surface area contributed by atoms with Crippen LogP contribution in [0.15, 0.2) is 46.2 Å². The van der Waals surface area contributed by atoms with Crippen molar-refractivity contribution < 1.29 is 9.90 Å². The van der Waals surface area contributed by atoms with Crippen LogP contribution in [0.2, 0.25) is 15.1 Å². The molecule has 112 valence electrons. The van der Waals surface area contributed by atoms with Gasteiger partial charge >= 0.3 is 5.97 Å². The lowest BCUT2D eigenvalue weighted by Crippen LogP contribution is -1.98. The van der Waals surface area contributed by atoms with Crippen molar-refractivity contribution in [2.45, 2.75) is 9.79 Å². The lowest BCUT2D eigenvalue weighted by Gasteiger charge is -2.07. The molecular formula is C15H8Cl3NO2S. The van der Waals surface area contributed by atoms with Crippen LogP contribution < -0.4 is 0 Å². The summed E-state index contributed by atoms with van der Waals surface area (Å²) in [6, 6.07) is 10.3. The fourth-order valence-corrected chi connectivity index (χ4v) is 3.93. The molecule has 7 heteroatoms. The van der Waals surface area contributed by atoms with Crippen LogP contribution in [0.25, 0.3) is 10.9 Å². The van der Waals surface area contributed by atoms with Gasteiger partial charge in [-0.05, 0) is 30.3 Å². The molecule has 0 aliphatic heterocycles. The van der Waals surface area contributed by atoms with Crippen molar-refractivity contribution in [3.05, 3.63) is 57.2 Å². The minimum absolute atomic E-state index is 0.0817. The molecule has 0 amide bonds. The molecule has 0 saturated heterocycles. The molecule has 0 unspecified atom stereocenters. The van der Waals surface area contributed by atoms with Gasteiger partial charge in [0.05, 0.1) is 14.9 Å². The predicted molar refractivity (Wildman–Crippen MR) is 90.9 cm³/mol. The first-order chi connectivity index (χ1) is 10.5. The predicted octanol–water partition coefficient (Wildman–Crippen LogP) is 5.98. The van der Waals surface area contributed by atoms with E-state index >= 15 is 0 Å². The number of hydrogen-bond donors (Lipinski definition) is 2. The van der Waals surface area contributed by atoms with E-state index < -0.39 is 5.97 Å². The highest BCUT2D eigenvalue weighted by Gasteiger charge is 2.20. The quantitative estimate of drug-likeness (QED) is 0.595. The Morgan fingerprint density at radius 3 is 2.36 bits per heavy atom. The topological polar surface area (TPSA) is 53.1 Å². The van der Waals surface area contributed by atoms with Gasteiger partial charge in [0.25, 0.3) is 0 Å². The zero-order chi connectivity index (χ0) is 15.9. The molecule has 0 saturated carbocycles. The van der Waals surface area contributed by atoms with Crippen molar-refractivity contribution in [3.8, 4) is 0 Å². The number of carboxylic acids is 1. The third-order valence-corrected chi connectivity index (χ3v) is 5.41. The van der Waals surface area contributed by atoms with Crippen LogP contribution in [0.3, 0.4) is 0 Å². The summed E-state index contributed by atoms with van der Waals surface area (Å²) in [5.74, 6) is -1.06. The number of nitrogens with one attached hydrogen (secondary N) is 1. The Balaban J connectivity index is 2.22. The van der Waals surface area contributed by atoms with E-state index in [2.05, 4.69) is 4.98 Å². The second-order valence-electron chi connectivity index (χ2n) is 4.48. The molecule has 0 atom stereocenters. The minimum Gasteiger partial charge on any atom is -0.477 e. The van der Waals surface area contributed by atoms with Crippen LogP contribution in [0, 0.1) is 0 Å². The first-order valence-electron chi connectivity index (χ1n) is 6.13. The minimum atomic E-state index is -1.06. The van der Waals surface area contributed by atoms with Crippen LogP contribution >= 0.6 is 46.6 Å². The molecule has 0 fully saturated rings.